The number of likely N-dealkylation sites (tertiary alicyclic amines) is 1. The van der Waals surface area contributed by atoms with Gasteiger partial charge in [-0.25, -0.2) is 4.98 Å². The van der Waals surface area contributed by atoms with E-state index in [0.29, 0.717) is 18.1 Å². The molecule has 2 N–H and O–H groups in total. The van der Waals surface area contributed by atoms with E-state index >= 15 is 0 Å². The highest BCUT2D eigenvalue weighted by molar-refractivity contribution is 5.43. The smallest absolute Gasteiger partial charge is 0.224 e. The number of aliphatic hydroxyl groups excluding tert-OH is 1. The largest absolute Gasteiger partial charge is 0.393 e. The molecule has 34 heavy (non-hydrogen) atoms. The molecule has 1 saturated carbocycles. The van der Waals surface area contributed by atoms with Crippen LogP contribution in [0, 0.1) is 0 Å². The second kappa shape index (κ2) is 13.0. The SMILES string of the molecule is CCN(CC)CCC[C@@H]1[C@@H](Nc2nccc(N3CCCCCC3)n2)CCN1C1CCC(O)CC1. The summed E-state index contributed by atoms with van der Waals surface area (Å²) >= 11 is 0. The van der Waals surface area contributed by atoms with Crippen molar-refractivity contribution in [2.24, 2.45) is 0 Å². The summed E-state index contributed by atoms with van der Waals surface area (Å²) in [5.74, 6) is 1.87. The molecule has 2 saturated heterocycles. The van der Waals surface area contributed by atoms with E-state index in [2.05, 4.69) is 44.9 Å². The Morgan fingerprint density at radius 2 is 1.74 bits per heavy atom. The number of rotatable bonds is 10. The fourth-order valence-corrected chi connectivity index (χ4v) is 6.38. The van der Waals surface area contributed by atoms with E-state index in [1.165, 1.54) is 45.1 Å². The Hall–Kier alpha value is -1.44. The number of aliphatic hydroxyl groups is 1. The van der Waals surface area contributed by atoms with Crippen LogP contribution in [0.5, 0.6) is 0 Å². The second-order valence-electron chi connectivity index (χ2n) is 10.6. The van der Waals surface area contributed by atoms with Gasteiger partial charge in [0.2, 0.25) is 5.95 Å². The van der Waals surface area contributed by atoms with Gasteiger partial charge in [-0.1, -0.05) is 26.7 Å². The first-order valence-corrected chi connectivity index (χ1v) is 14.2. The Morgan fingerprint density at radius 1 is 1.00 bits per heavy atom. The molecule has 1 aromatic heterocycles. The number of aromatic nitrogens is 2. The summed E-state index contributed by atoms with van der Waals surface area (Å²) in [6.07, 6.45) is 14.8. The zero-order valence-electron chi connectivity index (χ0n) is 21.7. The van der Waals surface area contributed by atoms with E-state index in [-0.39, 0.29) is 6.10 Å². The van der Waals surface area contributed by atoms with Gasteiger partial charge in [-0.05, 0) is 83.5 Å². The molecule has 0 unspecified atom stereocenters. The highest BCUT2D eigenvalue weighted by Gasteiger charge is 2.39. The summed E-state index contributed by atoms with van der Waals surface area (Å²) < 4.78 is 0. The molecule has 192 valence electrons. The normalized spacial score (nSPS) is 28.9. The molecule has 1 aliphatic carbocycles. The molecule has 0 bridgehead atoms. The van der Waals surface area contributed by atoms with Gasteiger partial charge in [-0.2, -0.15) is 4.98 Å². The Labute approximate surface area is 207 Å². The minimum absolute atomic E-state index is 0.0935. The average molecular weight is 473 g/mol. The average Bonchev–Trinajstić information content (AvgIpc) is 3.06. The van der Waals surface area contributed by atoms with Gasteiger partial charge in [0.05, 0.1) is 6.10 Å². The molecule has 0 radical (unpaired) electrons. The van der Waals surface area contributed by atoms with Gasteiger partial charge in [0.1, 0.15) is 5.82 Å². The van der Waals surface area contributed by atoms with E-state index < -0.39 is 0 Å². The predicted molar refractivity (Wildman–Crippen MR) is 141 cm³/mol. The summed E-state index contributed by atoms with van der Waals surface area (Å²) in [6, 6.07) is 3.59. The minimum Gasteiger partial charge on any atom is -0.393 e. The third-order valence-corrected chi connectivity index (χ3v) is 8.48. The van der Waals surface area contributed by atoms with Gasteiger partial charge in [0, 0.05) is 44.0 Å². The fraction of sp³-hybridized carbons (Fsp3) is 0.852. The first-order valence-electron chi connectivity index (χ1n) is 14.2. The third kappa shape index (κ3) is 6.82. The predicted octanol–water partition coefficient (Wildman–Crippen LogP) is 4.14. The van der Waals surface area contributed by atoms with Crippen molar-refractivity contribution in [3.05, 3.63) is 12.3 Å². The lowest BCUT2D eigenvalue weighted by molar-refractivity contribution is 0.0643. The molecule has 3 fully saturated rings. The Morgan fingerprint density at radius 3 is 2.44 bits per heavy atom. The Balaban J connectivity index is 1.42. The molecule has 0 spiro atoms. The number of hydrogen-bond donors (Lipinski definition) is 2. The van der Waals surface area contributed by atoms with Crippen molar-refractivity contribution in [2.75, 3.05) is 49.5 Å². The minimum atomic E-state index is -0.0935. The van der Waals surface area contributed by atoms with Gasteiger partial charge in [-0.3, -0.25) is 4.90 Å². The van der Waals surface area contributed by atoms with Crippen LogP contribution in [0.4, 0.5) is 11.8 Å². The molecule has 0 amide bonds. The maximum absolute atomic E-state index is 10.0. The molecule has 0 aromatic carbocycles. The second-order valence-corrected chi connectivity index (χ2v) is 10.6. The van der Waals surface area contributed by atoms with E-state index in [9.17, 15) is 5.11 Å². The van der Waals surface area contributed by atoms with E-state index in [1.807, 2.05) is 6.20 Å². The van der Waals surface area contributed by atoms with Gasteiger partial charge in [0.15, 0.2) is 0 Å². The van der Waals surface area contributed by atoms with Crippen molar-refractivity contribution in [3.8, 4) is 0 Å². The molecular weight excluding hydrogens is 424 g/mol. The first-order chi connectivity index (χ1) is 16.7. The van der Waals surface area contributed by atoms with E-state index in [1.54, 1.807) is 0 Å². The molecule has 2 atom stereocenters. The van der Waals surface area contributed by atoms with Crippen LogP contribution in [0.1, 0.15) is 84.5 Å². The van der Waals surface area contributed by atoms with Crippen molar-refractivity contribution in [1.29, 1.82) is 0 Å². The highest BCUT2D eigenvalue weighted by atomic mass is 16.3. The third-order valence-electron chi connectivity index (χ3n) is 8.48. The fourth-order valence-electron chi connectivity index (χ4n) is 6.38. The quantitative estimate of drug-likeness (QED) is 0.530. The summed E-state index contributed by atoms with van der Waals surface area (Å²) in [7, 11) is 0. The van der Waals surface area contributed by atoms with Crippen LogP contribution in [-0.4, -0.2) is 88.4 Å². The van der Waals surface area contributed by atoms with E-state index in [4.69, 9.17) is 4.98 Å². The van der Waals surface area contributed by atoms with Crippen LogP contribution in [0.3, 0.4) is 0 Å². The molecule has 3 heterocycles. The number of nitrogens with zero attached hydrogens (tertiary/aromatic N) is 5. The lowest BCUT2D eigenvalue weighted by Crippen LogP contribution is -2.46. The lowest BCUT2D eigenvalue weighted by Gasteiger charge is -2.38. The molecule has 4 rings (SSSR count). The first kappa shape index (κ1) is 25.6. The van der Waals surface area contributed by atoms with Crippen molar-refractivity contribution in [3.63, 3.8) is 0 Å². The standard InChI is InChI=1S/C27H48N6O/c1-3-31(4-2)18-9-10-25-24(16-21-33(25)22-11-13-23(34)14-12-22)29-27-28-17-15-26(30-27)32-19-7-5-6-8-20-32/h15,17,22-25,34H,3-14,16,18-21H2,1-2H3,(H,28,29,30)/t22?,23?,24-,25+/m0/s1. The summed E-state index contributed by atoms with van der Waals surface area (Å²) in [4.78, 5) is 17.3. The van der Waals surface area contributed by atoms with Crippen molar-refractivity contribution >= 4 is 11.8 Å². The molecule has 1 aromatic rings. The van der Waals surface area contributed by atoms with Gasteiger partial charge < -0.3 is 20.2 Å². The van der Waals surface area contributed by atoms with Crippen LogP contribution in [-0.2, 0) is 0 Å². The van der Waals surface area contributed by atoms with Crippen molar-refractivity contribution in [1.82, 2.24) is 19.8 Å². The number of nitrogens with one attached hydrogen (secondary N) is 1. The van der Waals surface area contributed by atoms with Gasteiger partial charge in [-0.15, -0.1) is 0 Å². The van der Waals surface area contributed by atoms with Crippen LogP contribution in [0.2, 0.25) is 0 Å². The maximum atomic E-state index is 10.0. The molecule has 2 aliphatic heterocycles. The topological polar surface area (TPSA) is 67.8 Å². The Kier molecular flexibility index (Phi) is 9.83. The molecule has 7 heteroatoms. The van der Waals surface area contributed by atoms with Crippen molar-refractivity contribution < 1.29 is 5.11 Å². The zero-order chi connectivity index (χ0) is 23.8. The summed E-state index contributed by atoms with van der Waals surface area (Å²) in [6.45, 7) is 11.3. The summed E-state index contributed by atoms with van der Waals surface area (Å²) in [5, 5.41) is 13.8. The summed E-state index contributed by atoms with van der Waals surface area (Å²) in [5.41, 5.74) is 0. The van der Waals surface area contributed by atoms with E-state index in [0.717, 1.165) is 76.6 Å². The van der Waals surface area contributed by atoms with Crippen molar-refractivity contribution in [2.45, 2.75) is 109 Å². The van der Waals surface area contributed by atoms with Gasteiger partial charge >= 0.3 is 0 Å². The Bertz CT molecular complexity index is 713. The van der Waals surface area contributed by atoms with Crippen LogP contribution < -0.4 is 10.2 Å². The number of anilines is 2. The lowest BCUT2D eigenvalue weighted by atomic mass is 9.91. The van der Waals surface area contributed by atoms with Crippen LogP contribution >= 0.6 is 0 Å². The molecular formula is C27H48N6O. The van der Waals surface area contributed by atoms with Crippen LogP contribution in [0.15, 0.2) is 12.3 Å². The van der Waals surface area contributed by atoms with Gasteiger partial charge in [0.25, 0.3) is 0 Å². The molecule has 3 aliphatic rings. The number of hydrogen-bond acceptors (Lipinski definition) is 7. The molecule has 7 nitrogen and oxygen atoms in total. The highest BCUT2D eigenvalue weighted by Crippen LogP contribution is 2.33. The van der Waals surface area contributed by atoms with Crippen LogP contribution in [0.25, 0.3) is 0 Å². The monoisotopic (exact) mass is 472 g/mol. The zero-order valence-corrected chi connectivity index (χ0v) is 21.7. The maximum Gasteiger partial charge on any atom is 0.224 e.